The van der Waals surface area contributed by atoms with Gasteiger partial charge in [-0.3, -0.25) is 9.59 Å². The lowest BCUT2D eigenvalue weighted by atomic mass is 9.87. The number of benzene rings is 1. The Kier molecular flexibility index (Phi) is 6.15. The number of hydrogen-bond donors (Lipinski definition) is 1. The topological polar surface area (TPSA) is 78.4 Å². The Morgan fingerprint density at radius 1 is 1.03 bits per heavy atom. The molecule has 1 aromatic carbocycles. The van der Waals surface area contributed by atoms with Gasteiger partial charge in [0.05, 0.1) is 6.54 Å². The summed E-state index contributed by atoms with van der Waals surface area (Å²) in [5.41, 5.74) is 2.70. The summed E-state index contributed by atoms with van der Waals surface area (Å²) in [6, 6.07) is 9.49. The van der Waals surface area contributed by atoms with Gasteiger partial charge in [-0.05, 0) is 30.0 Å². The second-order valence-corrected chi connectivity index (χ2v) is 8.40. The second-order valence-electron chi connectivity index (χ2n) is 8.40. The zero-order valence-corrected chi connectivity index (χ0v) is 17.6. The van der Waals surface area contributed by atoms with Crippen molar-refractivity contribution in [3.8, 4) is 0 Å². The van der Waals surface area contributed by atoms with Gasteiger partial charge in [-0.25, -0.2) is 9.97 Å². The van der Waals surface area contributed by atoms with E-state index < -0.39 is 0 Å². The van der Waals surface area contributed by atoms with E-state index >= 15 is 0 Å². The van der Waals surface area contributed by atoms with Crippen LogP contribution in [-0.4, -0.2) is 59.4 Å². The predicted octanol–water partition coefficient (Wildman–Crippen LogP) is 2.16. The van der Waals surface area contributed by atoms with Crippen LogP contribution in [0.2, 0.25) is 0 Å². The average molecular weight is 396 g/mol. The fourth-order valence-electron chi connectivity index (χ4n) is 3.29. The van der Waals surface area contributed by atoms with E-state index in [1.165, 1.54) is 5.56 Å². The first-order valence-electron chi connectivity index (χ1n) is 9.94. The van der Waals surface area contributed by atoms with Crippen LogP contribution in [-0.2, 0) is 10.2 Å². The van der Waals surface area contributed by atoms with Gasteiger partial charge in [-0.1, -0.05) is 32.9 Å². The minimum absolute atomic E-state index is 0.00642. The molecule has 2 amide bonds. The molecule has 1 aliphatic heterocycles. The van der Waals surface area contributed by atoms with Gasteiger partial charge in [0.15, 0.2) is 0 Å². The summed E-state index contributed by atoms with van der Waals surface area (Å²) < 4.78 is 0. The number of aryl methyl sites for hydroxylation is 1. The molecule has 0 atom stereocenters. The molecule has 0 spiro atoms. The van der Waals surface area contributed by atoms with Crippen molar-refractivity contribution in [3.63, 3.8) is 0 Å². The van der Waals surface area contributed by atoms with E-state index in [4.69, 9.17) is 0 Å². The molecule has 2 aromatic rings. The zero-order valence-electron chi connectivity index (χ0n) is 17.6. The molecular weight excluding hydrogens is 366 g/mol. The maximum atomic E-state index is 12.5. The van der Waals surface area contributed by atoms with E-state index in [0.29, 0.717) is 31.7 Å². The minimum Gasteiger partial charge on any atom is -0.353 e. The van der Waals surface area contributed by atoms with Gasteiger partial charge in [0, 0.05) is 43.5 Å². The van der Waals surface area contributed by atoms with Gasteiger partial charge in [-0.2, -0.15) is 0 Å². The molecule has 3 rings (SSSR count). The Labute approximate surface area is 172 Å². The highest BCUT2D eigenvalue weighted by atomic mass is 16.2. The number of hydrogen-bond acceptors (Lipinski definition) is 5. The molecule has 0 radical (unpaired) electrons. The lowest BCUT2D eigenvalue weighted by Gasteiger charge is -2.35. The SMILES string of the molecule is Cc1cc(N2CCN(C(=O)CNC(=O)c3ccc(C(C)(C)C)cc3)CC2)ncn1. The van der Waals surface area contributed by atoms with Crippen LogP contribution in [0.5, 0.6) is 0 Å². The fourth-order valence-corrected chi connectivity index (χ4v) is 3.29. The predicted molar refractivity (Wildman–Crippen MR) is 113 cm³/mol. The molecule has 7 heteroatoms. The Hall–Kier alpha value is -2.96. The van der Waals surface area contributed by atoms with Gasteiger partial charge in [0.2, 0.25) is 5.91 Å². The summed E-state index contributed by atoms with van der Waals surface area (Å²) in [5, 5.41) is 2.74. The number of amides is 2. The molecule has 1 N–H and O–H groups in total. The van der Waals surface area contributed by atoms with Crippen LogP contribution in [0.25, 0.3) is 0 Å². The molecule has 1 aromatic heterocycles. The van der Waals surface area contributed by atoms with Crippen molar-refractivity contribution in [2.24, 2.45) is 0 Å². The van der Waals surface area contributed by atoms with Crippen molar-refractivity contribution >= 4 is 17.6 Å². The quantitative estimate of drug-likeness (QED) is 0.858. The molecule has 2 heterocycles. The normalized spacial score (nSPS) is 14.6. The van der Waals surface area contributed by atoms with E-state index in [-0.39, 0.29) is 23.8 Å². The Morgan fingerprint density at radius 3 is 2.28 bits per heavy atom. The molecule has 1 saturated heterocycles. The number of anilines is 1. The van der Waals surface area contributed by atoms with Crippen LogP contribution in [0.15, 0.2) is 36.7 Å². The lowest BCUT2D eigenvalue weighted by Crippen LogP contribution is -2.51. The highest BCUT2D eigenvalue weighted by Gasteiger charge is 2.22. The number of nitrogens with one attached hydrogen (secondary N) is 1. The molecule has 29 heavy (non-hydrogen) atoms. The summed E-state index contributed by atoms with van der Waals surface area (Å²) in [6.45, 7) is 11.0. The van der Waals surface area contributed by atoms with E-state index in [0.717, 1.165) is 11.5 Å². The number of nitrogens with zero attached hydrogens (tertiary/aromatic N) is 4. The second kappa shape index (κ2) is 8.59. The first-order valence-corrected chi connectivity index (χ1v) is 9.94. The van der Waals surface area contributed by atoms with Crippen molar-refractivity contribution in [3.05, 3.63) is 53.5 Å². The molecule has 0 aliphatic carbocycles. The highest BCUT2D eigenvalue weighted by Crippen LogP contribution is 2.22. The highest BCUT2D eigenvalue weighted by molar-refractivity contribution is 5.96. The number of carbonyl (C=O) groups is 2. The van der Waals surface area contributed by atoms with Crippen molar-refractivity contribution < 1.29 is 9.59 Å². The van der Waals surface area contributed by atoms with Gasteiger partial charge in [0.25, 0.3) is 5.91 Å². The van der Waals surface area contributed by atoms with Crippen LogP contribution in [0, 0.1) is 6.92 Å². The third-order valence-electron chi connectivity index (χ3n) is 5.16. The van der Waals surface area contributed by atoms with Gasteiger partial charge in [-0.15, -0.1) is 0 Å². The van der Waals surface area contributed by atoms with Crippen molar-refractivity contribution in [1.82, 2.24) is 20.2 Å². The minimum atomic E-state index is -0.228. The number of piperazine rings is 1. The molecule has 0 bridgehead atoms. The van der Waals surface area contributed by atoms with Gasteiger partial charge >= 0.3 is 0 Å². The average Bonchev–Trinajstić information content (AvgIpc) is 2.71. The Bertz CT molecular complexity index is 866. The summed E-state index contributed by atoms with van der Waals surface area (Å²) in [5.74, 6) is 0.591. The summed E-state index contributed by atoms with van der Waals surface area (Å²) in [6.07, 6.45) is 1.56. The van der Waals surface area contributed by atoms with E-state index in [2.05, 4.69) is 41.0 Å². The number of rotatable bonds is 4. The van der Waals surface area contributed by atoms with Gasteiger partial charge in [0.1, 0.15) is 12.1 Å². The molecule has 154 valence electrons. The third-order valence-corrected chi connectivity index (χ3v) is 5.16. The summed E-state index contributed by atoms with van der Waals surface area (Å²) in [4.78, 5) is 37.2. The molecular formula is C22H29N5O2. The fraction of sp³-hybridized carbons (Fsp3) is 0.455. The molecule has 1 fully saturated rings. The monoisotopic (exact) mass is 395 g/mol. The Balaban J connectivity index is 1.48. The van der Waals surface area contributed by atoms with Crippen molar-refractivity contribution in [2.75, 3.05) is 37.6 Å². The van der Waals surface area contributed by atoms with Crippen LogP contribution >= 0.6 is 0 Å². The standard InChI is InChI=1S/C22H29N5O2/c1-16-13-19(25-15-24-16)26-9-11-27(12-10-26)20(28)14-23-21(29)17-5-7-18(8-6-17)22(2,3)4/h5-8,13,15H,9-12,14H2,1-4H3,(H,23,29). The first kappa shape index (κ1) is 20.8. The largest absolute Gasteiger partial charge is 0.353 e. The lowest BCUT2D eigenvalue weighted by molar-refractivity contribution is -0.130. The van der Waals surface area contributed by atoms with E-state index in [1.54, 1.807) is 11.2 Å². The maximum absolute atomic E-state index is 12.5. The van der Waals surface area contributed by atoms with Crippen LogP contribution < -0.4 is 10.2 Å². The molecule has 0 unspecified atom stereocenters. The molecule has 7 nitrogen and oxygen atoms in total. The number of aromatic nitrogens is 2. The maximum Gasteiger partial charge on any atom is 0.251 e. The third kappa shape index (κ3) is 5.31. The zero-order chi connectivity index (χ0) is 21.0. The van der Waals surface area contributed by atoms with Crippen LogP contribution in [0.4, 0.5) is 5.82 Å². The van der Waals surface area contributed by atoms with Crippen LogP contribution in [0.1, 0.15) is 42.4 Å². The smallest absolute Gasteiger partial charge is 0.251 e. The summed E-state index contributed by atoms with van der Waals surface area (Å²) >= 11 is 0. The summed E-state index contributed by atoms with van der Waals surface area (Å²) in [7, 11) is 0. The van der Waals surface area contributed by atoms with Crippen molar-refractivity contribution in [2.45, 2.75) is 33.1 Å². The number of carbonyl (C=O) groups excluding carboxylic acids is 2. The van der Waals surface area contributed by atoms with E-state index in [1.807, 2.05) is 37.3 Å². The van der Waals surface area contributed by atoms with Crippen LogP contribution in [0.3, 0.4) is 0 Å². The first-order chi connectivity index (χ1) is 13.7. The molecule has 0 saturated carbocycles. The van der Waals surface area contributed by atoms with Gasteiger partial charge < -0.3 is 15.1 Å². The Morgan fingerprint density at radius 2 is 1.69 bits per heavy atom. The van der Waals surface area contributed by atoms with Crippen molar-refractivity contribution in [1.29, 1.82) is 0 Å². The molecule has 1 aliphatic rings. The van der Waals surface area contributed by atoms with E-state index in [9.17, 15) is 9.59 Å².